The summed E-state index contributed by atoms with van der Waals surface area (Å²) in [5.41, 5.74) is 2.36. The molecule has 1 atom stereocenters. The van der Waals surface area contributed by atoms with Crippen molar-refractivity contribution < 1.29 is 14.2 Å². The molecule has 2 rings (SSSR count). The monoisotopic (exact) mass is 408 g/mol. The van der Waals surface area contributed by atoms with Crippen molar-refractivity contribution in [1.82, 2.24) is 0 Å². The highest BCUT2D eigenvalue weighted by atomic mass is 16.5. The van der Waals surface area contributed by atoms with Crippen LogP contribution in [0.4, 0.5) is 0 Å². The third-order valence-corrected chi connectivity index (χ3v) is 5.16. The smallest absolute Gasteiger partial charge is 0.118 e. The average Bonchev–Trinajstić information content (AvgIpc) is 2.80. The molecule has 0 aliphatic heterocycles. The van der Waals surface area contributed by atoms with Gasteiger partial charge in [0.1, 0.15) is 11.9 Å². The third kappa shape index (κ3) is 10.5. The van der Waals surface area contributed by atoms with E-state index < -0.39 is 0 Å². The molecule has 0 saturated carbocycles. The molecule has 0 spiro atoms. The van der Waals surface area contributed by atoms with Crippen LogP contribution in [0.2, 0.25) is 0 Å². The van der Waals surface area contributed by atoms with Gasteiger partial charge in [0, 0.05) is 6.61 Å². The van der Waals surface area contributed by atoms with Gasteiger partial charge in [0.15, 0.2) is 0 Å². The van der Waals surface area contributed by atoms with Gasteiger partial charge in [-0.15, -0.1) is 6.42 Å². The fourth-order valence-electron chi connectivity index (χ4n) is 3.32. The zero-order valence-electron chi connectivity index (χ0n) is 18.4. The van der Waals surface area contributed by atoms with Crippen LogP contribution in [0.3, 0.4) is 0 Å². The highest BCUT2D eigenvalue weighted by Crippen LogP contribution is 2.15. The lowest BCUT2D eigenvalue weighted by molar-refractivity contribution is 0.0709. The van der Waals surface area contributed by atoms with Gasteiger partial charge in [0.25, 0.3) is 0 Å². The second-order valence-electron chi connectivity index (χ2n) is 7.62. The SMILES string of the molecule is C#CC(CCCCCCCCCOCc1ccccc1)OCc1ccc(OC)cc1. The van der Waals surface area contributed by atoms with Crippen molar-refractivity contribution in [2.75, 3.05) is 13.7 Å². The third-order valence-electron chi connectivity index (χ3n) is 5.16. The molecular formula is C27H36O3. The van der Waals surface area contributed by atoms with E-state index in [2.05, 4.69) is 30.2 Å². The first-order valence-electron chi connectivity index (χ1n) is 11.1. The van der Waals surface area contributed by atoms with E-state index in [1.165, 1.54) is 37.7 Å². The molecule has 0 N–H and O–H groups in total. The highest BCUT2D eigenvalue weighted by Gasteiger charge is 2.06. The summed E-state index contributed by atoms with van der Waals surface area (Å²) < 4.78 is 16.8. The fraction of sp³-hybridized carbons (Fsp3) is 0.481. The van der Waals surface area contributed by atoms with Gasteiger partial charge in [-0.05, 0) is 42.5 Å². The number of unbranched alkanes of at least 4 members (excludes halogenated alkanes) is 6. The van der Waals surface area contributed by atoms with E-state index in [0.717, 1.165) is 43.8 Å². The van der Waals surface area contributed by atoms with Gasteiger partial charge in [0.2, 0.25) is 0 Å². The maximum atomic E-state index is 5.87. The molecule has 3 heteroatoms. The van der Waals surface area contributed by atoms with E-state index in [1.807, 2.05) is 30.3 Å². The number of benzene rings is 2. The van der Waals surface area contributed by atoms with Gasteiger partial charge in [-0.3, -0.25) is 0 Å². The predicted octanol–water partition coefficient (Wildman–Crippen LogP) is 6.55. The second kappa shape index (κ2) is 15.5. The van der Waals surface area contributed by atoms with E-state index >= 15 is 0 Å². The van der Waals surface area contributed by atoms with E-state index in [1.54, 1.807) is 7.11 Å². The first-order valence-corrected chi connectivity index (χ1v) is 11.1. The molecule has 0 aliphatic carbocycles. The summed E-state index contributed by atoms with van der Waals surface area (Å²) in [5.74, 6) is 3.63. The molecule has 0 saturated heterocycles. The summed E-state index contributed by atoms with van der Waals surface area (Å²) in [6.07, 6.45) is 15.0. The molecule has 0 bridgehead atoms. The van der Waals surface area contributed by atoms with Crippen LogP contribution in [-0.4, -0.2) is 19.8 Å². The lowest BCUT2D eigenvalue weighted by Gasteiger charge is -2.12. The van der Waals surface area contributed by atoms with E-state index in [-0.39, 0.29) is 6.10 Å². The molecule has 0 heterocycles. The van der Waals surface area contributed by atoms with Gasteiger partial charge in [0.05, 0.1) is 20.3 Å². The molecule has 0 fully saturated rings. The summed E-state index contributed by atoms with van der Waals surface area (Å²) in [4.78, 5) is 0. The zero-order chi connectivity index (χ0) is 21.3. The lowest BCUT2D eigenvalue weighted by Crippen LogP contribution is -2.10. The molecule has 0 aromatic heterocycles. The summed E-state index contributed by atoms with van der Waals surface area (Å²) in [6, 6.07) is 18.3. The minimum absolute atomic E-state index is 0.103. The highest BCUT2D eigenvalue weighted by molar-refractivity contribution is 5.26. The Hall–Kier alpha value is -2.28. The Bertz CT molecular complexity index is 703. The van der Waals surface area contributed by atoms with Crippen LogP contribution in [-0.2, 0) is 22.7 Å². The quantitative estimate of drug-likeness (QED) is 0.233. The van der Waals surface area contributed by atoms with Gasteiger partial charge in [-0.25, -0.2) is 0 Å². The van der Waals surface area contributed by atoms with Gasteiger partial charge >= 0.3 is 0 Å². The van der Waals surface area contributed by atoms with Gasteiger partial charge < -0.3 is 14.2 Å². The molecule has 0 radical (unpaired) electrons. The Labute approximate surface area is 182 Å². The molecule has 1 unspecified atom stereocenters. The number of methoxy groups -OCH3 is 1. The zero-order valence-corrected chi connectivity index (χ0v) is 18.4. The largest absolute Gasteiger partial charge is 0.497 e. The lowest BCUT2D eigenvalue weighted by atomic mass is 10.1. The van der Waals surface area contributed by atoms with Crippen molar-refractivity contribution in [3.05, 3.63) is 65.7 Å². The van der Waals surface area contributed by atoms with E-state index in [9.17, 15) is 0 Å². The van der Waals surface area contributed by atoms with Crippen LogP contribution in [0.25, 0.3) is 0 Å². The van der Waals surface area contributed by atoms with Crippen molar-refractivity contribution in [2.24, 2.45) is 0 Å². The number of rotatable bonds is 16. The van der Waals surface area contributed by atoms with E-state index in [4.69, 9.17) is 20.6 Å². The minimum Gasteiger partial charge on any atom is -0.497 e. The van der Waals surface area contributed by atoms with Crippen molar-refractivity contribution in [1.29, 1.82) is 0 Å². The maximum Gasteiger partial charge on any atom is 0.118 e. The number of ether oxygens (including phenoxy) is 3. The maximum absolute atomic E-state index is 5.87. The number of hydrogen-bond acceptors (Lipinski definition) is 3. The van der Waals surface area contributed by atoms with Crippen LogP contribution in [0.5, 0.6) is 5.75 Å². The van der Waals surface area contributed by atoms with Crippen molar-refractivity contribution in [3.63, 3.8) is 0 Å². The molecule has 30 heavy (non-hydrogen) atoms. The second-order valence-corrected chi connectivity index (χ2v) is 7.62. The Kier molecular flexibility index (Phi) is 12.4. The summed E-state index contributed by atoms with van der Waals surface area (Å²) in [5, 5.41) is 0. The van der Waals surface area contributed by atoms with Crippen LogP contribution < -0.4 is 4.74 Å². The topological polar surface area (TPSA) is 27.7 Å². The Morgan fingerprint density at radius 3 is 2.07 bits per heavy atom. The van der Waals surface area contributed by atoms with E-state index in [0.29, 0.717) is 6.61 Å². The predicted molar refractivity (Wildman–Crippen MR) is 123 cm³/mol. The molecule has 0 aliphatic rings. The van der Waals surface area contributed by atoms with Gasteiger partial charge in [-0.1, -0.05) is 80.5 Å². The Morgan fingerprint density at radius 2 is 1.40 bits per heavy atom. The number of hydrogen-bond donors (Lipinski definition) is 0. The van der Waals surface area contributed by atoms with Crippen LogP contribution in [0.1, 0.15) is 62.5 Å². The normalized spacial score (nSPS) is 11.7. The average molecular weight is 409 g/mol. The molecule has 0 amide bonds. The minimum atomic E-state index is -0.103. The molecule has 162 valence electrons. The van der Waals surface area contributed by atoms with Crippen molar-refractivity contribution in [2.45, 2.75) is 70.7 Å². The molecule has 2 aromatic rings. The summed E-state index contributed by atoms with van der Waals surface area (Å²) >= 11 is 0. The standard InChI is InChI=1S/C27H36O3/c1-3-26(30-23-25-17-19-27(28-2)20-18-25)16-12-7-5-4-6-8-13-21-29-22-24-14-10-9-11-15-24/h1,9-11,14-15,17-20,26H,4-8,12-13,16,21-23H2,2H3. The van der Waals surface area contributed by atoms with Crippen LogP contribution >= 0.6 is 0 Å². The Morgan fingerprint density at radius 1 is 0.767 bits per heavy atom. The first kappa shape index (κ1) is 24.0. The van der Waals surface area contributed by atoms with Gasteiger partial charge in [-0.2, -0.15) is 0 Å². The molecule has 3 nitrogen and oxygen atoms in total. The first-order chi connectivity index (χ1) is 14.8. The van der Waals surface area contributed by atoms with Crippen LogP contribution in [0, 0.1) is 12.3 Å². The fourth-order valence-corrected chi connectivity index (χ4v) is 3.32. The summed E-state index contributed by atoms with van der Waals surface area (Å²) in [6.45, 7) is 2.12. The van der Waals surface area contributed by atoms with Crippen LogP contribution in [0.15, 0.2) is 54.6 Å². The Balaban J connectivity index is 1.41. The summed E-state index contributed by atoms with van der Waals surface area (Å²) in [7, 11) is 1.67. The molecule has 2 aromatic carbocycles. The molecular weight excluding hydrogens is 372 g/mol. The van der Waals surface area contributed by atoms with Crippen molar-refractivity contribution in [3.8, 4) is 18.1 Å². The number of terminal acetylenes is 1. The van der Waals surface area contributed by atoms with Crippen molar-refractivity contribution >= 4 is 0 Å².